The Labute approximate surface area is 158 Å². The molecule has 0 heterocycles. The molecule has 0 aromatic heterocycles. The predicted octanol–water partition coefficient (Wildman–Crippen LogP) is -2.32. The first-order chi connectivity index (χ1) is 12.9. The van der Waals surface area contributed by atoms with Gasteiger partial charge in [0.15, 0.2) is 19.8 Å². The lowest BCUT2D eigenvalue weighted by Gasteiger charge is -2.22. The van der Waals surface area contributed by atoms with Crippen LogP contribution in [0.5, 0.6) is 0 Å². The van der Waals surface area contributed by atoms with E-state index in [1.165, 1.54) is 0 Å². The Morgan fingerprint density at radius 2 is 1.54 bits per heavy atom. The molecule has 0 saturated heterocycles. The minimum atomic E-state index is -2.74. The summed E-state index contributed by atoms with van der Waals surface area (Å²) in [4.78, 5) is 71.8. The summed E-state index contributed by atoms with van der Waals surface area (Å²) < 4.78 is 4.40. The first kappa shape index (κ1) is 24.7. The van der Waals surface area contributed by atoms with Crippen LogP contribution in [0.4, 0.5) is 0 Å². The number of nitro groups is 1. The summed E-state index contributed by atoms with van der Waals surface area (Å²) in [5.41, 5.74) is 2.44. The van der Waals surface area contributed by atoms with Crippen molar-refractivity contribution in [2.75, 3.05) is 31.3 Å². The van der Waals surface area contributed by atoms with Gasteiger partial charge in [-0.1, -0.05) is 0 Å². The molecule has 0 unspecified atom stereocenters. The number of nitrogens with two attached hydrogens (primary N) is 1. The second-order valence-corrected chi connectivity index (χ2v) is 5.96. The Bertz CT molecular complexity index is 623. The molecule has 0 fully saturated rings. The van der Waals surface area contributed by atoms with E-state index in [4.69, 9.17) is 10.8 Å². The molecule has 158 valence electrons. The molecule has 0 aliphatic carbocycles. The molecule has 0 aromatic rings. The van der Waals surface area contributed by atoms with Crippen molar-refractivity contribution in [1.29, 1.82) is 0 Å². The van der Waals surface area contributed by atoms with Crippen LogP contribution >= 0.6 is 11.8 Å². The minimum absolute atomic E-state index is 0.222. The zero-order valence-corrected chi connectivity index (χ0v) is 14.6. The molecule has 0 spiro atoms. The number of nitrogens with zero attached hydrogens (tertiary/aromatic N) is 3. The average Bonchev–Trinajstić information content (AvgIpc) is 2.59. The van der Waals surface area contributed by atoms with Crippen LogP contribution in [0.2, 0.25) is 0 Å². The number of thioether (sulfide) groups is 1. The molecule has 0 aromatic carbocycles. The van der Waals surface area contributed by atoms with Gasteiger partial charge in [-0.3, -0.25) is 19.7 Å². The molecule has 0 rings (SSSR count). The van der Waals surface area contributed by atoms with Gasteiger partial charge < -0.3 is 25.3 Å². The van der Waals surface area contributed by atoms with Gasteiger partial charge in [0.25, 0.3) is 10.2 Å². The number of carbonyl (C=O) groups is 3. The van der Waals surface area contributed by atoms with Crippen LogP contribution in [0, 0.1) is 30.3 Å². The number of Topliss-reactive ketones (excluding diaryl/α,β-unsaturated/α-hetero) is 1. The van der Waals surface area contributed by atoms with Gasteiger partial charge in [0.2, 0.25) is 5.78 Å². The SMILES string of the molecule is N[C@@H](CSCC(=O)C(=O)OCC(CO[N+](=O)[O-])(CO[N+](=O)[O-])[N+](=O)[O-])C(=O)O. The van der Waals surface area contributed by atoms with E-state index in [1.807, 2.05) is 0 Å². The number of ether oxygens (including phenoxy) is 1. The monoisotopic (exact) mass is 430 g/mol. The van der Waals surface area contributed by atoms with Gasteiger partial charge in [0, 0.05) is 10.7 Å². The Balaban J connectivity index is 4.92. The van der Waals surface area contributed by atoms with Crippen molar-refractivity contribution >= 4 is 29.5 Å². The summed E-state index contributed by atoms with van der Waals surface area (Å²) >= 11 is 0.676. The maximum atomic E-state index is 11.6. The van der Waals surface area contributed by atoms with Gasteiger partial charge in [0.05, 0.1) is 5.75 Å². The van der Waals surface area contributed by atoms with Crippen molar-refractivity contribution < 1.29 is 49.0 Å². The smallest absolute Gasteiger partial charge is 0.375 e. The predicted molar refractivity (Wildman–Crippen MR) is 84.5 cm³/mol. The van der Waals surface area contributed by atoms with Gasteiger partial charge in [0.1, 0.15) is 6.04 Å². The second kappa shape index (κ2) is 11.4. The number of carboxylic acid groups (broad SMARTS) is 1. The first-order valence-corrected chi connectivity index (χ1v) is 8.02. The van der Waals surface area contributed by atoms with Crippen molar-refractivity contribution in [2.24, 2.45) is 5.73 Å². The molecule has 17 nitrogen and oxygen atoms in total. The lowest BCUT2D eigenvalue weighted by atomic mass is 10.1. The largest absolute Gasteiger partial charge is 0.480 e. The summed E-state index contributed by atoms with van der Waals surface area (Å²) in [7, 11) is 0. The number of hydrogen-bond acceptors (Lipinski definition) is 14. The van der Waals surface area contributed by atoms with Crippen molar-refractivity contribution in [2.45, 2.75) is 11.6 Å². The molecular weight excluding hydrogens is 416 g/mol. The normalized spacial score (nSPS) is 11.8. The van der Waals surface area contributed by atoms with Crippen LogP contribution in [-0.4, -0.2) is 80.8 Å². The zero-order valence-electron chi connectivity index (χ0n) is 13.8. The summed E-state index contributed by atoms with van der Waals surface area (Å²) in [6.07, 6.45) is 0. The van der Waals surface area contributed by atoms with Gasteiger partial charge in [-0.15, -0.1) is 20.2 Å². The average molecular weight is 430 g/mol. The van der Waals surface area contributed by atoms with E-state index in [-0.39, 0.29) is 5.75 Å². The summed E-state index contributed by atoms with van der Waals surface area (Å²) in [6, 6.07) is -1.30. The fourth-order valence-electron chi connectivity index (χ4n) is 1.32. The second-order valence-electron chi connectivity index (χ2n) is 4.93. The fourth-order valence-corrected chi connectivity index (χ4v) is 2.14. The van der Waals surface area contributed by atoms with E-state index in [0.717, 1.165) is 0 Å². The lowest BCUT2D eigenvalue weighted by molar-refractivity contribution is -0.788. The third kappa shape index (κ3) is 8.89. The minimum Gasteiger partial charge on any atom is -0.480 e. The highest BCUT2D eigenvalue weighted by Gasteiger charge is 2.48. The van der Waals surface area contributed by atoms with E-state index in [1.54, 1.807) is 0 Å². The van der Waals surface area contributed by atoms with E-state index >= 15 is 0 Å². The van der Waals surface area contributed by atoms with Crippen LogP contribution in [0.25, 0.3) is 0 Å². The third-order valence-electron chi connectivity index (χ3n) is 2.81. The molecule has 0 saturated carbocycles. The van der Waals surface area contributed by atoms with E-state index in [9.17, 15) is 44.7 Å². The fraction of sp³-hybridized carbons (Fsp3) is 0.700. The topological polar surface area (TPSA) is 255 Å². The van der Waals surface area contributed by atoms with Crippen molar-refractivity contribution in [1.82, 2.24) is 0 Å². The molecule has 1 atom stereocenters. The molecule has 0 radical (unpaired) electrons. The molecule has 0 bridgehead atoms. The molecule has 3 N–H and O–H groups in total. The molecular formula is C10H14N4O13S. The first-order valence-electron chi connectivity index (χ1n) is 6.86. The van der Waals surface area contributed by atoms with E-state index in [2.05, 4.69) is 14.4 Å². The van der Waals surface area contributed by atoms with Crippen LogP contribution in [-0.2, 0) is 28.8 Å². The van der Waals surface area contributed by atoms with Crippen molar-refractivity contribution in [3.05, 3.63) is 30.3 Å². The highest BCUT2D eigenvalue weighted by Crippen LogP contribution is 2.14. The van der Waals surface area contributed by atoms with Gasteiger partial charge in [-0.25, -0.2) is 4.79 Å². The molecule has 0 aliphatic rings. The highest BCUT2D eigenvalue weighted by molar-refractivity contribution is 8.00. The number of rotatable bonds is 15. The Kier molecular flexibility index (Phi) is 10.1. The Morgan fingerprint density at radius 3 is 1.93 bits per heavy atom. The zero-order chi connectivity index (χ0) is 21.9. The number of ketones is 1. The quantitative estimate of drug-likeness (QED) is 0.119. The number of carbonyl (C=O) groups excluding carboxylic acids is 2. The third-order valence-corrected chi connectivity index (χ3v) is 3.87. The highest BCUT2D eigenvalue weighted by atomic mass is 32.2. The lowest BCUT2D eigenvalue weighted by Crippen LogP contribution is -2.53. The van der Waals surface area contributed by atoms with Crippen LogP contribution in [0.1, 0.15) is 0 Å². The van der Waals surface area contributed by atoms with E-state index < -0.39 is 70.0 Å². The Hall–Kier alpha value is -3.28. The number of esters is 1. The maximum absolute atomic E-state index is 11.6. The van der Waals surface area contributed by atoms with Crippen LogP contribution < -0.4 is 5.73 Å². The molecule has 28 heavy (non-hydrogen) atoms. The molecule has 18 heteroatoms. The van der Waals surface area contributed by atoms with Crippen molar-refractivity contribution in [3.8, 4) is 0 Å². The van der Waals surface area contributed by atoms with Gasteiger partial charge >= 0.3 is 17.5 Å². The number of aliphatic carboxylic acids is 1. The van der Waals surface area contributed by atoms with Gasteiger partial charge in [-0.2, -0.15) is 11.8 Å². The Morgan fingerprint density at radius 1 is 1.04 bits per heavy atom. The van der Waals surface area contributed by atoms with Gasteiger partial charge in [-0.05, 0) is 0 Å². The summed E-state index contributed by atoms with van der Waals surface area (Å²) in [5.74, 6) is -4.94. The maximum Gasteiger partial charge on any atom is 0.375 e. The number of hydrogen-bond donors (Lipinski definition) is 2. The standard InChI is InChI=1S/C10H14N4O13S/c11-6(8(16)17)1-28-2-7(15)9(18)25-3-10(12(19)20,4-26-13(21)22)5-27-14(23)24/h6H,1-5,11H2,(H,16,17)/t6-/m0/s1. The van der Waals surface area contributed by atoms with Crippen molar-refractivity contribution in [3.63, 3.8) is 0 Å². The molecule has 0 aliphatic heterocycles. The number of carboxylic acids is 1. The molecule has 0 amide bonds. The summed E-state index contributed by atoms with van der Waals surface area (Å²) in [6.45, 7) is -4.05. The van der Waals surface area contributed by atoms with Crippen LogP contribution in [0.3, 0.4) is 0 Å². The van der Waals surface area contributed by atoms with E-state index in [0.29, 0.717) is 11.8 Å². The summed E-state index contributed by atoms with van der Waals surface area (Å²) in [5, 5.41) is 37.4. The van der Waals surface area contributed by atoms with Crippen LogP contribution in [0.15, 0.2) is 0 Å².